The summed E-state index contributed by atoms with van der Waals surface area (Å²) in [5, 5.41) is 2.90. The monoisotopic (exact) mass is 351 g/mol. The van der Waals surface area contributed by atoms with E-state index >= 15 is 0 Å². The molecule has 2 fully saturated rings. The zero-order valence-electron chi connectivity index (χ0n) is 13.4. The Balaban J connectivity index is 0.00000169. The second kappa shape index (κ2) is 7.09. The van der Waals surface area contributed by atoms with Gasteiger partial charge in [0.05, 0.1) is 6.04 Å². The van der Waals surface area contributed by atoms with Crippen LogP contribution in [0.4, 0.5) is 5.69 Å². The van der Waals surface area contributed by atoms with Crippen LogP contribution in [0, 0.1) is 5.92 Å². The number of ether oxygens (including phenoxy) is 1. The number of anilines is 1. The lowest BCUT2D eigenvalue weighted by atomic mass is 9.92. The molecule has 1 atom stereocenters. The van der Waals surface area contributed by atoms with Gasteiger partial charge in [0, 0.05) is 24.8 Å². The average molecular weight is 352 g/mol. The molecule has 0 spiro atoms. The number of hydrogen-bond acceptors (Lipinski definition) is 5. The first-order valence-corrected chi connectivity index (χ1v) is 8.25. The molecular formula is C17H22ClN3O3. The van der Waals surface area contributed by atoms with Crippen LogP contribution < -0.4 is 11.1 Å². The third-order valence-corrected chi connectivity index (χ3v) is 4.67. The number of fused-ring (bicyclic) bond motifs is 1. The summed E-state index contributed by atoms with van der Waals surface area (Å²) in [5.74, 6) is 1.31. The van der Waals surface area contributed by atoms with Gasteiger partial charge >= 0.3 is 0 Å². The normalized spacial score (nSPS) is 19.7. The quantitative estimate of drug-likeness (QED) is 0.883. The second-order valence-electron chi connectivity index (χ2n) is 6.47. The van der Waals surface area contributed by atoms with Crippen molar-refractivity contribution in [3.05, 3.63) is 24.1 Å². The van der Waals surface area contributed by atoms with Gasteiger partial charge in [0.15, 0.2) is 11.5 Å². The molecule has 2 heterocycles. The number of hydrogen-bond donors (Lipinski definition) is 2. The van der Waals surface area contributed by atoms with Gasteiger partial charge in [0.2, 0.25) is 5.91 Å². The summed E-state index contributed by atoms with van der Waals surface area (Å²) in [5.41, 5.74) is 8.36. The Kier molecular flexibility index (Phi) is 5.08. The van der Waals surface area contributed by atoms with E-state index in [9.17, 15) is 4.79 Å². The number of carbonyl (C=O) groups excluding carboxylic acids is 1. The minimum absolute atomic E-state index is 0. The Morgan fingerprint density at radius 3 is 2.71 bits per heavy atom. The molecule has 6 nitrogen and oxygen atoms in total. The maximum Gasteiger partial charge on any atom is 0.241 e. The van der Waals surface area contributed by atoms with Crippen LogP contribution in [0.5, 0.6) is 0 Å². The SMILES string of the molecule is Cl.NC(C(=O)Nc1ccc2oc(C3CC3)nc2c1)C1CCOCC1. The van der Waals surface area contributed by atoms with E-state index in [0.29, 0.717) is 24.8 Å². The van der Waals surface area contributed by atoms with Crippen LogP contribution in [0.25, 0.3) is 11.1 Å². The molecule has 1 aliphatic carbocycles. The molecule has 2 aliphatic rings. The summed E-state index contributed by atoms with van der Waals surface area (Å²) < 4.78 is 11.0. The second-order valence-corrected chi connectivity index (χ2v) is 6.47. The molecule has 1 unspecified atom stereocenters. The van der Waals surface area contributed by atoms with Crippen LogP contribution in [0.3, 0.4) is 0 Å². The first-order chi connectivity index (χ1) is 11.2. The van der Waals surface area contributed by atoms with Gasteiger partial charge in [-0.2, -0.15) is 0 Å². The van der Waals surface area contributed by atoms with E-state index in [-0.39, 0.29) is 24.2 Å². The first kappa shape index (κ1) is 17.2. The summed E-state index contributed by atoms with van der Waals surface area (Å²) in [6.45, 7) is 1.36. The topological polar surface area (TPSA) is 90.4 Å². The highest BCUT2D eigenvalue weighted by Gasteiger charge is 2.29. The number of oxazole rings is 1. The van der Waals surface area contributed by atoms with Crippen molar-refractivity contribution in [2.45, 2.75) is 37.6 Å². The molecule has 7 heteroatoms. The number of carbonyl (C=O) groups is 1. The first-order valence-electron chi connectivity index (χ1n) is 8.25. The van der Waals surface area contributed by atoms with E-state index in [0.717, 1.165) is 42.7 Å². The lowest BCUT2D eigenvalue weighted by Gasteiger charge is -2.26. The maximum atomic E-state index is 12.4. The molecule has 1 aliphatic heterocycles. The summed E-state index contributed by atoms with van der Waals surface area (Å²) in [6, 6.07) is 5.02. The highest BCUT2D eigenvalue weighted by Crippen LogP contribution is 2.40. The van der Waals surface area contributed by atoms with E-state index in [1.54, 1.807) is 0 Å². The Labute approximate surface area is 146 Å². The van der Waals surface area contributed by atoms with Crippen molar-refractivity contribution in [2.24, 2.45) is 11.7 Å². The molecule has 4 rings (SSSR count). The molecule has 0 bridgehead atoms. The number of nitrogens with two attached hydrogens (primary N) is 1. The van der Waals surface area contributed by atoms with Crippen molar-refractivity contribution in [3.8, 4) is 0 Å². The van der Waals surface area contributed by atoms with E-state index < -0.39 is 6.04 Å². The number of aromatic nitrogens is 1. The van der Waals surface area contributed by atoms with Crippen molar-refractivity contribution < 1.29 is 13.9 Å². The van der Waals surface area contributed by atoms with Crippen LogP contribution in [-0.2, 0) is 9.53 Å². The van der Waals surface area contributed by atoms with Crippen molar-refractivity contribution in [3.63, 3.8) is 0 Å². The number of nitrogens with one attached hydrogen (secondary N) is 1. The van der Waals surface area contributed by atoms with Crippen molar-refractivity contribution in [2.75, 3.05) is 18.5 Å². The van der Waals surface area contributed by atoms with Gasteiger partial charge in [-0.15, -0.1) is 12.4 Å². The van der Waals surface area contributed by atoms with Gasteiger partial charge < -0.3 is 20.2 Å². The van der Waals surface area contributed by atoms with E-state index in [2.05, 4.69) is 10.3 Å². The maximum absolute atomic E-state index is 12.4. The Morgan fingerprint density at radius 1 is 1.25 bits per heavy atom. The number of rotatable bonds is 4. The predicted octanol–water partition coefficient (Wildman–Crippen LogP) is 2.82. The van der Waals surface area contributed by atoms with E-state index in [1.165, 1.54) is 0 Å². The van der Waals surface area contributed by atoms with Crippen molar-refractivity contribution in [1.29, 1.82) is 0 Å². The Hall–Kier alpha value is -1.63. The predicted molar refractivity (Wildman–Crippen MR) is 93.4 cm³/mol. The fourth-order valence-corrected chi connectivity index (χ4v) is 3.04. The van der Waals surface area contributed by atoms with Gasteiger partial charge in [0.1, 0.15) is 5.52 Å². The molecule has 1 aromatic carbocycles. The summed E-state index contributed by atoms with van der Waals surface area (Å²) in [4.78, 5) is 16.9. The van der Waals surface area contributed by atoms with Gasteiger partial charge in [-0.1, -0.05) is 0 Å². The fraction of sp³-hybridized carbons (Fsp3) is 0.529. The standard InChI is InChI=1S/C17H21N3O3.ClH/c18-15(10-5-7-22-8-6-10)16(21)19-12-3-4-14-13(9-12)20-17(23-14)11-1-2-11;/h3-4,9-11,15H,1-2,5-8,18H2,(H,19,21);1H. The zero-order chi connectivity index (χ0) is 15.8. The fourth-order valence-electron chi connectivity index (χ4n) is 3.04. The van der Waals surface area contributed by atoms with Crippen LogP contribution in [0.15, 0.2) is 22.6 Å². The molecule has 1 aromatic heterocycles. The van der Waals surface area contributed by atoms with Gasteiger partial charge in [-0.05, 0) is 49.8 Å². The summed E-state index contributed by atoms with van der Waals surface area (Å²) in [7, 11) is 0. The Bertz CT molecular complexity index is 723. The third kappa shape index (κ3) is 3.55. The third-order valence-electron chi connectivity index (χ3n) is 4.67. The molecule has 1 amide bonds. The minimum Gasteiger partial charge on any atom is -0.440 e. The van der Waals surface area contributed by atoms with E-state index in [1.807, 2.05) is 18.2 Å². The molecular weight excluding hydrogens is 330 g/mol. The van der Waals surface area contributed by atoms with Crippen LogP contribution in [0.1, 0.15) is 37.5 Å². The van der Waals surface area contributed by atoms with Crippen molar-refractivity contribution >= 4 is 35.1 Å². The molecule has 2 aromatic rings. The van der Waals surface area contributed by atoms with E-state index in [4.69, 9.17) is 14.9 Å². The van der Waals surface area contributed by atoms with Gasteiger partial charge in [0.25, 0.3) is 0 Å². The minimum atomic E-state index is -0.506. The summed E-state index contributed by atoms with van der Waals surface area (Å²) >= 11 is 0. The Morgan fingerprint density at radius 2 is 2.00 bits per heavy atom. The molecule has 24 heavy (non-hydrogen) atoms. The molecule has 0 radical (unpaired) electrons. The van der Waals surface area contributed by atoms with Crippen LogP contribution >= 0.6 is 12.4 Å². The number of halogens is 1. The largest absolute Gasteiger partial charge is 0.440 e. The van der Waals surface area contributed by atoms with Crippen LogP contribution in [0.2, 0.25) is 0 Å². The smallest absolute Gasteiger partial charge is 0.241 e. The molecule has 1 saturated heterocycles. The van der Waals surface area contributed by atoms with Crippen LogP contribution in [-0.4, -0.2) is 30.1 Å². The lowest BCUT2D eigenvalue weighted by Crippen LogP contribution is -2.43. The highest BCUT2D eigenvalue weighted by atomic mass is 35.5. The number of amides is 1. The zero-order valence-corrected chi connectivity index (χ0v) is 14.2. The van der Waals surface area contributed by atoms with Gasteiger partial charge in [-0.25, -0.2) is 4.98 Å². The highest BCUT2D eigenvalue weighted by molar-refractivity contribution is 5.96. The average Bonchev–Trinajstić information content (AvgIpc) is 3.34. The number of nitrogens with zero attached hydrogens (tertiary/aromatic N) is 1. The molecule has 130 valence electrons. The summed E-state index contributed by atoms with van der Waals surface area (Å²) in [6.07, 6.45) is 3.97. The molecule has 3 N–H and O–H groups in total. The van der Waals surface area contributed by atoms with Crippen molar-refractivity contribution in [1.82, 2.24) is 4.98 Å². The molecule has 1 saturated carbocycles. The lowest BCUT2D eigenvalue weighted by molar-refractivity contribution is -0.119. The van der Waals surface area contributed by atoms with Gasteiger partial charge in [-0.3, -0.25) is 4.79 Å². The number of benzene rings is 1.